The fraction of sp³-hybridized carbons (Fsp3) is 0.529. The molecule has 0 saturated heterocycles. The van der Waals surface area contributed by atoms with Crippen molar-refractivity contribution in [1.82, 2.24) is 5.32 Å². The smallest absolute Gasteiger partial charge is 0.330 e. The second-order valence-electron chi connectivity index (χ2n) is 6.82. The molecule has 0 aliphatic heterocycles. The average molecular weight is 291 g/mol. The molecule has 1 aromatic rings. The second kappa shape index (κ2) is 7.25. The lowest BCUT2D eigenvalue weighted by Gasteiger charge is -2.23. The average Bonchev–Trinajstić information content (AvgIpc) is 2.34. The van der Waals surface area contributed by atoms with E-state index in [1.54, 1.807) is 24.3 Å². The molecule has 0 aliphatic rings. The fourth-order valence-electron chi connectivity index (χ4n) is 2.59. The molecule has 0 radical (unpaired) electrons. The van der Waals surface area contributed by atoms with Crippen LogP contribution in [0.3, 0.4) is 0 Å². The van der Waals surface area contributed by atoms with Gasteiger partial charge in [0, 0.05) is 6.42 Å². The molecule has 1 amide bonds. The Labute approximate surface area is 126 Å². The van der Waals surface area contributed by atoms with E-state index in [9.17, 15) is 14.7 Å². The van der Waals surface area contributed by atoms with E-state index < -0.39 is 12.0 Å². The van der Waals surface area contributed by atoms with E-state index in [2.05, 4.69) is 26.1 Å². The Morgan fingerprint density at radius 3 is 2.24 bits per heavy atom. The summed E-state index contributed by atoms with van der Waals surface area (Å²) >= 11 is 0. The van der Waals surface area contributed by atoms with Crippen LogP contribution in [0.4, 0.5) is 0 Å². The van der Waals surface area contributed by atoms with Gasteiger partial charge >= 0.3 is 5.97 Å². The molecule has 2 atom stereocenters. The minimum Gasteiger partial charge on any atom is -0.479 e. The maximum atomic E-state index is 12.1. The molecule has 2 N–H and O–H groups in total. The quantitative estimate of drug-likeness (QED) is 0.844. The van der Waals surface area contributed by atoms with Gasteiger partial charge in [-0.05, 0) is 23.3 Å². The van der Waals surface area contributed by atoms with Crippen LogP contribution in [0.2, 0.25) is 0 Å². The molecule has 0 fully saturated rings. The summed E-state index contributed by atoms with van der Waals surface area (Å²) in [6, 6.07) is 7.77. The van der Waals surface area contributed by atoms with Gasteiger partial charge in [-0.25, -0.2) is 4.79 Å². The highest BCUT2D eigenvalue weighted by atomic mass is 16.4. The highest BCUT2D eigenvalue weighted by Crippen LogP contribution is 2.26. The van der Waals surface area contributed by atoms with E-state index in [4.69, 9.17) is 0 Å². The van der Waals surface area contributed by atoms with Gasteiger partial charge in [-0.1, -0.05) is 58.0 Å². The molecule has 0 bridgehead atoms. The number of rotatable bonds is 6. The maximum Gasteiger partial charge on any atom is 0.330 e. The zero-order chi connectivity index (χ0) is 16.0. The molecule has 0 heterocycles. The topological polar surface area (TPSA) is 66.4 Å². The molecular weight excluding hydrogens is 266 g/mol. The zero-order valence-corrected chi connectivity index (χ0v) is 13.2. The Morgan fingerprint density at radius 1 is 1.19 bits per heavy atom. The van der Waals surface area contributed by atoms with Crippen molar-refractivity contribution in [1.29, 1.82) is 0 Å². The first-order chi connectivity index (χ1) is 9.69. The number of carboxylic acids is 1. The molecule has 1 rings (SSSR count). The van der Waals surface area contributed by atoms with Gasteiger partial charge in [-0.3, -0.25) is 4.79 Å². The predicted molar refractivity (Wildman–Crippen MR) is 82.8 cm³/mol. The van der Waals surface area contributed by atoms with Crippen LogP contribution in [-0.2, 0) is 9.59 Å². The normalized spacial score (nSPS) is 14.3. The van der Waals surface area contributed by atoms with E-state index in [1.807, 2.05) is 13.0 Å². The third kappa shape index (κ3) is 6.43. The number of carboxylic acid groups (broad SMARTS) is 1. The summed E-state index contributed by atoms with van der Waals surface area (Å²) < 4.78 is 0. The largest absolute Gasteiger partial charge is 0.479 e. The first-order valence-electron chi connectivity index (χ1n) is 7.26. The Balaban J connectivity index is 2.64. The monoisotopic (exact) mass is 291 g/mol. The summed E-state index contributed by atoms with van der Waals surface area (Å²) in [7, 11) is 0. The first kappa shape index (κ1) is 17.2. The zero-order valence-electron chi connectivity index (χ0n) is 13.2. The van der Waals surface area contributed by atoms with Gasteiger partial charge in [0.15, 0.2) is 6.04 Å². The summed E-state index contributed by atoms with van der Waals surface area (Å²) in [5.74, 6) is -1.05. The van der Waals surface area contributed by atoms with Gasteiger partial charge in [-0.2, -0.15) is 0 Å². The molecular formula is C17H25NO3. The number of benzene rings is 1. The van der Waals surface area contributed by atoms with Crippen LogP contribution in [-0.4, -0.2) is 17.0 Å². The van der Waals surface area contributed by atoms with Gasteiger partial charge in [-0.15, -0.1) is 0 Å². The lowest BCUT2D eigenvalue weighted by Crippen LogP contribution is -2.34. The molecule has 0 spiro atoms. The standard InChI is InChI=1S/C17H25NO3/c1-12(11-17(2,3)4)10-14(19)18-15(16(20)21)13-8-6-5-7-9-13/h5-9,12,15H,10-11H2,1-4H3,(H,18,19)(H,20,21)/t12?,15-/m0/s1. The molecule has 116 valence electrons. The molecule has 1 unspecified atom stereocenters. The molecule has 0 aromatic heterocycles. The van der Waals surface area contributed by atoms with Crippen LogP contribution in [0.25, 0.3) is 0 Å². The van der Waals surface area contributed by atoms with Gasteiger partial charge < -0.3 is 10.4 Å². The lowest BCUT2D eigenvalue weighted by atomic mass is 9.84. The number of hydrogen-bond donors (Lipinski definition) is 2. The van der Waals surface area contributed by atoms with Crippen LogP contribution in [0, 0.1) is 11.3 Å². The van der Waals surface area contributed by atoms with Gasteiger partial charge in [0.25, 0.3) is 0 Å². The van der Waals surface area contributed by atoms with E-state index in [-0.39, 0.29) is 17.2 Å². The Hall–Kier alpha value is -1.84. The molecule has 4 heteroatoms. The van der Waals surface area contributed by atoms with Gasteiger partial charge in [0.1, 0.15) is 0 Å². The SMILES string of the molecule is CC(CC(=O)N[C@H](C(=O)O)c1ccccc1)CC(C)(C)C. The van der Waals surface area contributed by atoms with E-state index >= 15 is 0 Å². The minimum atomic E-state index is -1.04. The van der Waals surface area contributed by atoms with Crippen molar-refractivity contribution in [2.24, 2.45) is 11.3 Å². The van der Waals surface area contributed by atoms with Crippen molar-refractivity contribution >= 4 is 11.9 Å². The Morgan fingerprint density at radius 2 is 1.76 bits per heavy atom. The number of aliphatic carboxylic acids is 1. The van der Waals surface area contributed by atoms with E-state index in [0.717, 1.165) is 6.42 Å². The molecule has 4 nitrogen and oxygen atoms in total. The minimum absolute atomic E-state index is 0.158. The van der Waals surface area contributed by atoms with Crippen LogP contribution >= 0.6 is 0 Å². The maximum absolute atomic E-state index is 12.1. The predicted octanol–water partition coefficient (Wildman–Crippen LogP) is 3.39. The number of carbonyl (C=O) groups is 2. The third-order valence-corrected chi connectivity index (χ3v) is 3.18. The number of amides is 1. The van der Waals surface area contributed by atoms with Crippen molar-refractivity contribution < 1.29 is 14.7 Å². The van der Waals surface area contributed by atoms with Crippen molar-refractivity contribution in [3.63, 3.8) is 0 Å². The Bertz CT molecular complexity index is 477. The highest BCUT2D eigenvalue weighted by molar-refractivity contribution is 5.84. The molecule has 21 heavy (non-hydrogen) atoms. The number of nitrogens with one attached hydrogen (secondary N) is 1. The van der Waals surface area contributed by atoms with E-state index in [1.165, 1.54) is 0 Å². The van der Waals surface area contributed by atoms with E-state index in [0.29, 0.717) is 12.0 Å². The van der Waals surface area contributed by atoms with Gasteiger partial charge in [0.2, 0.25) is 5.91 Å². The summed E-state index contributed by atoms with van der Waals surface area (Å²) in [5.41, 5.74) is 0.743. The third-order valence-electron chi connectivity index (χ3n) is 3.18. The van der Waals surface area contributed by atoms with Crippen LogP contribution < -0.4 is 5.32 Å². The van der Waals surface area contributed by atoms with Crippen molar-refractivity contribution in [3.8, 4) is 0 Å². The number of carbonyl (C=O) groups excluding carboxylic acids is 1. The first-order valence-corrected chi connectivity index (χ1v) is 7.26. The Kier molecular flexibility index (Phi) is 5.94. The summed E-state index contributed by atoms with van der Waals surface area (Å²) in [5, 5.41) is 11.9. The van der Waals surface area contributed by atoms with Crippen molar-refractivity contribution in [3.05, 3.63) is 35.9 Å². The summed E-state index contributed by atoms with van der Waals surface area (Å²) in [4.78, 5) is 23.4. The van der Waals surface area contributed by atoms with Crippen LogP contribution in [0.1, 0.15) is 52.1 Å². The van der Waals surface area contributed by atoms with Crippen molar-refractivity contribution in [2.75, 3.05) is 0 Å². The number of hydrogen-bond acceptors (Lipinski definition) is 2. The molecule has 1 aromatic carbocycles. The second-order valence-corrected chi connectivity index (χ2v) is 6.82. The summed E-state index contributed by atoms with van der Waals surface area (Å²) in [6.45, 7) is 8.41. The fourth-order valence-corrected chi connectivity index (χ4v) is 2.59. The van der Waals surface area contributed by atoms with Crippen molar-refractivity contribution in [2.45, 2.75) is 46.6 Å². The highest BCUT2D eigenvalue weighted by Gasteiger charge is 2.23. The lowest BCUT2D eigenvalue weighted by molar-refractivity contribution is -0.142. The molecule has 0 aliphatic carbocycles. The molecule has 0 saturated carbocycles. The van der Waals surface area contributed by atoms with Crippen LogP contribution in [0.5, 0.6) is 0 Å². The van der Waals surface area contributed by atoms with Gasteiger partial charge in [0.05, 0.1) is 0 Å². The van der Waals surface area contributed by atoms with Crippen LogP contribution in [0.15, 0.2) is 30.3 Å². The summed E-state index contributed by atoms with van der Waals surface area (Å²) in [6.07, 6.45) is 1.26.